The number of aliphatic imine (C=N–C) groups is 1. The Morgan fingerprint density at radius 2 is 2.00 bits per heavy atom. The predicted octanol–water partition coefficient (Wildman–Crippen LogP) is 4.45. The van der Waals surface area contributed by atoms with Gasteiger partial charge in [-0.2, -0.15) is 0 Å². The largest absolute Gasteiger partial charge is 0.483 e. The number of benzene rings is 1. The van der Waals surface area contributed by atoms with E-state index < -0.39 is 17.8 Å². The van der Waals surface area contributed by atoms with Crippen molar-refractivity contribution < 1.29 is 17.9 Å². The lowest BCUT2D eigenvalue weighted by molar-refractivity contribution is 0.0275. The summed E-state index contributed by atoms with van der Waals surface area (Å²) < 4.78 is 46.5. The summed E-state index contributed by atoms with van der Waals surface area (Å²) in [6.45, 7) is 0.0518. The molecule has 0 unspecified atom stereocenters. The molecule has 2 heterocycles. The van der Waals surface area contributed by atoms with Crippen molar-refractivity contribution >= 4 is 18.0 Å². The Balaban J connectivity index is 2.14. The molecule has 0 fully saturated rings. The fourth-order valence-electron chi connectivity index (χ4n) is 2.56. The number of ether oxygens (including phenoxy) is 1. The topological polar surface area (TPSA) is 34.5 Å². The summed E-state index contributed by atoms with van der Waals surface area (Å²) in [5.74, 6) is -0.733. The first-order valence-corrected chi connectivity index (χ1v) is 7.25. The van der Waals surface area contributed by atoms with Gasteiger partial charge in [0, 0.05) is 29.9 Å². The van der Waals surface area contributed by atoms with Crippen molar-refractivity contribution in [3.05, 3.63) is 53.1 Å². The maximum atomic E-state index is 14.3. The zero-order chi connectivity index (χ0) is 16.4. The van der Waals surface area contributed by atoms with E-state index in [1.54, 1.807) is 6.07 Å². The molecule has 1 aromatic carbocycles. The first kappa shape index (κ1) is 15.8. The van der Waals surface area contributed by atoms with Crippen LogP contribution in [0.5, 0.6) is 0 Å². The van der Waals surface area contributed by atoms with Crippen molar-refractivity contribution in [2.45, 2.75) is 18.4 Å². The smallest absolute Gasteiger partial charge is 0.267 e. The number of pyridine rings is 1. The number of alkyl halides is 2. The molecule has 0 amide bonds. The highest BCUT2D eigenvalue weighted by molar-refractivity contribution is 6.30. The molecule has 1 atom stereocenters. The maximum Gasteiger partial charge on any atom is 0.267 e. The molecule has 0 spiro atoms. The van der Waals surface area contributed by atoms with Gasteiger partial charge in [0.15, 0.2) is 11.9 Å². The van der Waals surface area contributed by atoms with Crippen molar-refractivity contribution in [2.75, 3.05) is 6.61 Å². The molecule has 0 saturated carbocycles. The Labute approximate surface area is 135 Å². The Morgan fingerprint density at radius 3 is 2.65 bits per heavy atom. The minimum atomic E-state index is -2.86. The van der Waals surface area contributed by atoms with Crippen molar-refractivity contribution in [1.82, 2.24) is 4.98 Å². The SMILES string of the molecule is Fc1ccc(-c2cncc(Cl)c2)cc1[C@]1(C(F)F)CCOC=N1. The first-order valence-electron chi connectivity index (χ1n) is 6.87. The van der Waals surface area contributed by atoms with Crippen LogP contribution in [-0.2, 0) is 10.3 Å². The van der Waals surface area contributed by atoms with E-state index in [0.717, 1.165) is 12.5 Å². The third kappa shape index (κ3) is 2.91. The highest BCUT2D eigenvalue weighted by Crippen LogP contribution is 2.40. The zero-order valence-corrected chi connectivity index (χ0v) is 12.6. The molecule has 2 aromatic rings. The van der Waals surface area contributed by atoms with E-state index in [1.165, 1.54) is 24.5 Å². The molecule has 1 aliphatic rings. The average molecular weight is 341 g/mol. The minimum Gasteiger partial charge on any atom is -0.483 e. The van der Waals surface area contributed by atoms with Crippen LogP contribution in [0.25, 0.3) is 11.1 Å². The monoisotopic (exact) mass is 340 g/mol. The number of halogens is 4. The molecular weight excluding hydrogens is 329 g/mol. The van der Waals surface area contributed by atoms with E-state index >= 15 is 0 Å². The maximum absolute atomic E-state index is 14.3. The highest BCUT2D eigenvalue weighted by Gasteiger charge is 2.44. The average Bonchev–Trinajstić information content (AvgIpc) is 2.56. The number of hydrogen-bond donors (Lipinski definition) is 0. The Bertz CT molecular complexity index is 754. The van der Waals surface area contributed by atoms with Gasteiger partial charge < -0.3 is 4.74 Å². The molecule has 0 saturated heterocycles. The summed E-state index contributed by atoms with van der Waals surface area (Å²) >= 11 is 5.90. The third-order valence-corrected chi connectivity index (χ3v) is 4.00. The van der Waals surface area contributed by atoms with Gasteiger partial charge >= 0.3 is 0 Å². The van der Waals surface area contributed by atoms with Gasteiger partial charge in [-0.25, -0.2) is 18.2 Å². The third-order valence-electron chi connectivity index (χ3n) is 3.79. The van der Waals surface area contributed by atoms with E-state index in [0.29, 0.717) is 16.1 Å². The normalized spacial score (nSPS) is 20.6. The molecular formula is C16H12ClF3N2O. The predicted molar refractivity (Wildman–Crippen MR) is 81.4 cm³/mol. The van der Waals surface area contributed by atoms with Crippen molar-refractivity contribution in [2.24, 2.45) is 4.99 Å². The summed E-state index contributed by atoms with van der Waals surface area (Å²) in [5, 5.41) is 0.404. The van der Waals surface area contributed by atoms with E-state index in [-0.39, 0.29) is 18.6 Å². The first-order chi connectivity index (χ1) is 11.0. The van der Waals surface area contributed by atoms with Crippen LogP contribution in [0.1, 0.15) is 12.0 Å². The second-order valence-electron chi connectivity index (χ2n) is 5.17. The van der Waals surface area contributed by atoms with Crippen molar-refractivity contribution in [1.29, 1.82) is 0 Å². The molecule has 0 radical (unpaired) electrons. The summed E-state index contributed by atoms with van der Waals surface area (Å²) in [5.41, 5.74) is -0.952. The molecule has 7 heteroatoms. The molecule has 3 nitrogen and oxygen atoms in total. The molecule has 23 heavy (non-hydrogen) atoms. The molecule has 0 bridgehead atoms. The minimum absolute atomic E-state index is 0.0518. The molecule has 1 aliphatic heterocycles. The van der Waals surface area contributed by atoms with Gasteiger partial charge in [0.25, 0.3) is 6.43 Å². The van der Waals surface area contributed by atoms with Crippen molar-refractivity contribution in [3.63, 3.8) is 0 Å². The zero-order valence-electron chi connectivity index (χ0n) is 11.8. The lowest BCUT2D eigenvalue weighted by Crippen LogP contribution is -2.37. The van der Waals surface area contributed by atoms with Crippen LogP contribution in [0.2, 0.25) is 5.02 Å². The summed E-state index contributed by atoms with van der Waals surface area (Å²) in [6, 6.07) is 5.65. The van der Waals surface area contributed by atoms with Gasteiger partial charge in [-0.05, 0) is 23.8 Å². The Hall–Kier alpha value is -2.08. The summed E-state index contributed by atoms with van der Waals surface area (Å²) in [6.07, 6.45) is 0.993. The second kappa shape index (κ2) is 6.20. The number of rotatable bonds is 3. The molecule has 120 valence electrons. The van der Waals surface area contributed by atoms with Gasteiger partial charge in [-0.1, -0.05) is 17.7 Å². The molecule has 0 N–H and O–H groups in total. The van der Waals surface area contributed by atoms with Crippen molar-refractivity contribution in [3.8, 4) is 11.1 Å². The number of nitrogens with zero attached hydrogens (tertiary/aromatic N) is 2. The van der Waals surface area contributed by atoms with Crippen LogP contribution >= 0.6 is 11.6 Å². The fraction of sp³-hybridized carbons (Fsp3) is 0.250. The van der Waals surface area contributed by atoms with Gasteiger partial charge in [-0.3, -0.25) is 4.98 Å². The van der Waals surface area contributed by atoms with Crippen LogP contribution in [0, 0.1) is 5.82 Å². The van der Waals surface area contributed by atoms with Crippen LogP contribution in [0.3, 0.4) is 0 Å². The second-order valence-corrected chi connectivity index (χ2v) is 5.60. The van der Waals surface area contributed by atoms with Crippen LogP contribution in [0.15, 0.2) is 41.7 Å². The molecule has 0 aliphatic carbocycles. The lowest BCUT2D eigenvalue weighted by Gasteiger charge is -2.32. The highest BCUT2D eigenvalue weighted by atomic mass is 35.5. The number of hydrogen-bond acceptors (Lipinski definition) is 3. The molecule has 3 rings (SSSR count). The fourth-order valence-corrected chi connectivity index (χ4v) is 2.73. The molecule has 1 aromatic heterocycles. The van der Waals surface area contributed by atoms with Crippen LogP contribution < -0.4 is 0 Å². The van der Waals surface area contributed by atoms with Gasteiger partial charge in [0.05, 0.1) is 11.6 Å². The lowest BCUT2D eigenvalue weighted by atomic mass is 9.85. The van der Waals surface area contributed by atoms with E-state index in [4.69, 9.17) is 16.3 Å². The van der Waals surface area contributed by atoms with E-state index in [9.17, 15) is 13.2 Å². The Kier molecular flexibility index (Phi) is 4.26. The summed E-state index contributed by atoms with van der Waals surface area (Å²) in [4.78, 5) is 7.72. The quantitative estimate of drug-likeness (QED) is 0.827. The standard InChI is InChI=1S/C16H12ClF3N2O/c17-12-5-11(7-21-8-12)10-1-2-14(18)13(6-10)16(15(19)20)3-4-23-9-22-16/h1-2,5-9,15H,3-4H2/t16-/m0/s1. The van der Waals surface area contributed by atoms with E-state index in [1.807, 2.05) is 0 Å². The van der Waals surface area contributed by atoms with Gasteiger partial charge in [0.2, 0.25) is 0 Å². The van der Waals surface area contributed by atoms with Crippen LogP contribution in [0.4, 0.5) is 13.2 Å². The summed E-state index contributed by atoms with van der Waals surface area (Å²) in [7, 11) is 0. The van der Waals surface area contributed by atoms with Crippen LogP contribution in [-0.4, -0.2) is 24.4 Å². The number of aromatic nitrogens is 1. The Morgan fingerprint density at radius 1 is 1.17 bits per heavy atom. The van der Waals surface area contributed by atoms with Gasteiger partial charge in [0.1, 0.15) is 5.82 Å². The van der Waals surface area contributed by atoms with Gasteiger partial charge in [-0.15, -0.1) is 0 Å². The van der Waals surface area contributed by atoms with E-state index in [2.05, 4.69) is 9.98 Å².